The number of hydrogen-bond acceptors (Lipinski definition) is 5. The van der Waals surface area contributed by atoms with Crippen molar-refractivity contribution in [2.24, 2.45) is 7.05 Å². The van der Waals surface area contributed by atoms with Gasteiger partial charge in [-0.15, -0.1) is 0 Å². The van der Waals surface area contributed by atoms with Crippen LogP contribution >= 0.6 is 11.8 Å². The molecular weight excluding hydrogens is 240 g/mol. The molecule has 0 unspecified atom stereocenters. The summed E-state index contributed by atoms with van der Waals surface area (Å²) < 4.78 is 2.32. The Hall–Kier alpha value is -1.68. The number of aromatic nitrogens is 2. The van der Waals surface area contributed by atoms with Crippen molar-refractivity contribution in [2.45, 2.75) is 31.2 Å². The highest BCUT2D eigenvalue weighted by molar-refractivity contribution is 8.03. The van der Waals surface area contributed by atoms with Gasteiger partial charge >= 0.3 is 5.69 Å². The van der Waals surface area contributed by atoms with E-state index in [0.717, 1.165) is 17.4 Å². The van der Waals surface area contributed by atoms with Crippen LogP contribution in [0.3, 0.4) is 0 Å². The quantitative estimate of drug-likeness (QED) is 0.624. The van der Waals surface area contributed by atoms with Crippen molar-refractivity contribution >= 4 is 17.6 Å². The Morgan fingerprint density at radius 3 is 2.65 bits per heavy atom. The van der Waals surface area contributed by atoms with Crippen LogP contribution in [-0.2, 0) is 13.6 Å². The summed E-state index contributed by atoms with van der Waals surface area (Å²) in [7, 11) is 1.38. The monoisotopic (exact) mass is 254 g/mol. The summed E-state index contributed by atoms with van der Waals surface area (Å²) in [5, 5.41) is 10.4. The van der Waals surface area contributed by atoms with E-state index in [4.69, 9.17) is 11.0 Å². The number of nitrogen functional groups attached to an aromatic ring is 1. The number of rotatable bonds is 4. The molecule has 0 aliphatic heterocycles. The van der Waals surface area contributed by atoms with E-state index in [1.54, 1.807) is 5.40 Å². The van der Waals surface area contributed by atoms with Crippen molar-refractivity contribution in [3.63, 3.8) is 0 Å². The molecule has 0 aliphatic carbocycles. The van der Waals surface area contributed by atoms with Gasteiger partial charge in [0.15, 0.2) is 0 Å². The lowest BCUT2D eigenvalue weighted by Gasteiger charge is -2.12. The van der Waals surface area contributed by atoms with Crippen molar-refractivity contribution in [2.75, 3.05) is 5.73 Å². The molecule has 0 saturated carbocycles. The summed E-state index contributed by atoms with van der Waals surface area (Å²) in [6, 6.07) is 0. The number of nitrogens with zero attached hydrogens (tertiary/aromatic N) is 3. The minimum Gasteiger partial charge on any atom is -0.384 e. The normalized spacial score (nSPS) is 10.2. The fourth-order valence-corrected chi connectivity index (χ4v) is 1.96. The maximum absolute atomic E-state index is 11.8. The topological polar surface area (TPSA) is 93.8 Å². The molecule has 17 heavy (non-hydrogen) atoms. The average molecular weight is 254 g/mol. The highest BCUT2D eigenvalue weighted by atomic mass is 32.2. The summed E-state index contributed by atoms with van der Waals surface area (Å²) >= 11 is 0.687. The van der Waals surface area contributed by atoms with Gasteiger partial charge in [-0.25, -0.2) is 4.79 Å². The van der Waals surface area contributed by atoms with Gasteiger partial charge in [-0.1, -0.05) is 13.3 Å². The lowest BCUT2D eigenvalue weighted by atomic mass is 10.3. The van der Waals surface area contributed by atoms with E-state index in [9.17, 15) is 9.59 Å². The first-order valence-corrected chi connectivity index (χ1v) is 6.01. The second-order valence-electron chi connectivity index (χ2n) is 3.56. The first-order chi connectivity index (χ1) is 8.04. The number of nitriles is 1. The van der Waals surface area contributed by atoms with Gasteiger partial charge in [0.1, 0.15) is 16.1 Å². The first-order valence-electron chi connectivity index (χ1n) is 5.19. The molecule has 0 saturated heterocycles. The van der Waals surface area contributed by atoms with Gasteiger partial charge < -0.3 is 5.73 Å². The van der Waals surface area contributed by atoms with Gasteiger partial charge in [0.05, 0.1) is 0 Å². The van der Waals surface area contributed by atoms with Crippen LogP contribution in [-0.4, -0.2) is 9.13 Å². The molecule has 0 spiro atoms. The third kappa shape index (κ3) is 2.53. The summed E-state index contributed by atoms with van der Waals surface area (Å²) in [5.41, 5.74) is 4.80. The van der Waals surface area contributed by atoms with Gasteiger partial charge in [-0.3, -0.25) is 13.9 Å². The van der Waals surface area contributed by atoms with Gasteiger partial charge in [-0.05, 0) is 18.2 Å². The highest BCUT2D eigenvalue weighted by Crippen LogP contribution is 2.18. The summed E-state index contributed by atoms with van der Waals surface area (Å²) in [5.74, 6) is 0.0816. The van der Waals surface area contributed by atoms with Crippen LogP contribution in [0.5, 0.6) is 0 Å². The minimum absolute atomic E-state index is 0.0816. The first kappa shape index (κ1) is 13.4. The van der Waals surface area contributed by atoms with Crippen LogP contribution in [0.2, 0.25) is 0 Å². The molecule has 1 aromatic rings. The molecule has 7 heteroatoms. The molecule has 2 N–H and O–H groups in total. The molecule has 92 valence electrons. The molecule has 1 aromatic heterocycles. The maximum atomic E-state index is 11.8. The molecule has 0 aliphatic rings. The van der Waals surface area contributed by atoms with E-state index in [0.29, 0.717) is 18.3 Å². The Morgan fingerprint density at radius 2 is 2.12 bits per heavy atom. The van der Waals surface area contributed by atoms with E-state index in [1.165, 1.54) is 11.6 Å². The lowest BCUT2D eigenvalue weighted by molar-refractivity contribution is 0.564. The number of nitrogens with two attached hydrogens (primary N) is 1. The van der Waals surface area contributed by atoms with E-state index in [2.05, 4.69) is 0 Å². The molecular formula is C10H14N4O2S. The Morgan fingerprint density at radius 1 is 1.47 bits per heavy atom. The number of unbranched alkanes of at least 4 members (excludes halogenated alkanes) is 1. The zero-order chi connectivity index (χ0) is 13.0. The molecule has 6 nitrogen and oxygen atoms in total. The third-order valence-corrected chi connectivity index (χ3v) is 3.10. The van der Waals surface area contributed by atoms with Crippen LogP contribution in [0.15, 0.2) is 14.5 Å². The molecule has 1 rings (SSSR count). The molecule has 0 radical (unpaired) electrons. The van der Waals surface area contributed by atoms with Crippen molar-refractivity contribution in [1.29, 1.82) is 5.26 Å². The molecule has 0 amide bonds. The van der Waals surface area contributed by atoms with E-state index < -0.39 is 11.2 Å². The van der Waals surface area contributed by atoms with E-state index in [-0.39, 0.29) is 10.7 Å². The Labute approximate surface area is 103 Å². The van der Waals surface area contributed by atoms with Crippen LogP contribution in [0.4, 0.5) is 5.82 Å². The summed E-state index contributed by atoms with van der Waals surface area (Å²) in [6.07, 6.45) is 1.70. The number of thiocyanates is 1. The average Bonchev–Trinajstić information content (AvgIpc) is 2.32. The van der Waals surface area contributed by atoms with Crippen molar-refractivity contribution in [3.05, 3.63) is 20.8 Å². The van der Waals surface area contributed by atoms with Crippen LogP contribution < -0.4 is 17.0 Å². The SMILES string of the molecule is CCCCn1c(N)c(SC#N)c(=O)n(C)c1=O. The zero-order valence-corrected chi connectivity index (χ0v) is 10.6. The van der Waals surface area contributed by atoms with Gasteiger partial charge in [0, 0.05) is 13.6 Å². The molecule has 0 atom stereocenters. The minimum atomic E-state index is -0.521. The third-order valence-electron chi connectivity index (χ3n) is 2.42. The van der Waals surface area contributed by atoms with E-state index >= 15 is 0 Å². The van der Waals surface area contributed by atoms with Gasteiger partial charge in [-0.2, -0.15) is 5.26 Å². The zero-order valence-electron chi connectivity index (χ0n) is 9.77. The van der Waals surface area contributed by atoms with Gasteiger partial charge in [0.2, 0.25) is 0 Å². The summed E-state index contributed by atoms with van der Waals surface area (Å²) in [4.78, 5) is 23.7. The number of thioether (sulfide) groups is 1. The fourth-order valence-electron chi connectivity index (χ4n) is 1.43. The standard InChI is InChI=1S/C10H14N4O2S/c1-3-4-5-14-8(12)7(17-6-11)9(15)13(2)10(14)16/h3-5,12H2,1-2H3. The largest absolute Gasteiger partial charge is 0.384 e. The van der Waals surface area contributed by atoms with Crippen LogP contribution in [0, 0.1) is 10.7 Å². The number of anilines is 1. The van der Waals surface area contributed by atoms with Crippen LogP contribution in [0.1, 0.15) is 19.8 Å². The molecule has 0 fully saturated rings. The molecule has 0 aromatic carbocycles. The predicted molar refractivity (Wildman–Crippen MR) is 66.7 cm³/mol. The second-order valence-corrected chi connectivity index (χ2v) is 4.35. The van der Waals surface area contributed by atoms with Crippen molar-refractivity contribution in [1.82, 2.24) is 9.13 Å². The van der Waals surface area contributed by atoms with Crippen molar-refractivity contribution in [3.8, 4) is 5.40 Å². The fraction of sp³-hybridized carbons (Fsp3) is 0.500. The smallest absolute Gasteiger partial charge is 0.332 e. The lowest BCUT2D eigenvalue weighted by Crippen LogP contribution is -2.40. The highest BCUT2D eigenvalue weighted by Gasteiger charge is 2.15. The van der Waals surface area contributed by atoms with Crippen molar-refractivity contribution < 1.29 is 0 Å². The predicted octanol–water partition coefficient (Wildman–Crippen LogP) is 0.502. The number of hydrogen-bond donors (Lipinski definition) is 1. The van der Waals surface area contributed by atoms with Gasteiger partial charge in [0.25, 0.3) is 5.56 Å². The maximum Gasteiger partial charge on any atom is 0.332 e. The molecule has 0 bridgehead atoms. The second kappa shape index (κ2) is 5.59. The van der Waals surface area contributed by atoms with Crippen LogP contribution in [0.25, 0.3) is 0 Å². The molecule has 1 heterocycles. The Balaban J connectivity index is 3.46. The Bertz CT molecular complexity index is 567. The van der Waals surface area contributed by atoms with E-state index in [1.807, 2.05) is 6.92 Å². The summed E-state index contributed by atoms with van der Waals surface area (Å²) in [6.45, 7) is 2.45. The Kier molecular flexibility index (Phi) is 4.40.